The molecule has 0 aliphatic carbocycles. The Morgan fingerprint density at radius 3 is 2.27 bits per heavy atom. The van der Waals surface area contributed by atoms with Crippen molar-refractivity contribution in [2.45, 2.75) is 19.3 Å². The van der Waals surface area contributed by atoms with E-state index in [4.69, 9.17) is 9.15 Å². The number of para-hydroxylation sites is 1. The van der Waals surface area contributed by atoms with Crippen molar-refractivity contribution in [3.8, 4) is 5.75 Å². The van der Waals surface area contributed by atoms with E-state index in [1.54, 1.807) is 0 Å². The molecule has 0 spiro atoms. The molecule has 4 aromatic rings. The van der Waals surface area contributed by atoms with E-state index in [0.29, 0.717) is 36.2 Å². The van der Waals surface area contributed by atoms with Crippen LogP contribution in [-0.2, 0) is 13.2 Å². The molecule has 0 bridgehead atoms. The molecule has 0 amide bonds. The van der Waals surface area contributed by atoms with Crippen molar-refractivity contribution in [1.82, 2.24) is 4.98 Å². The number of aliphatic hydroxyl groups is 1. The van der Waals surface area contributed by atoms with Gasteiger partial charge in [0.2, 0.25) is 0 Å². The first-order valence-electron chi connectivity index (χ1n) is 9.85. The highest BCUT2D eigenvalue weighted by Gasteiger charge is 2.20. The summed E-state index contributed by atoms with van der Waals surface area (Å²) in [7, 11) is 1.91. The van der Waals surface area contributed by atoms with Gasteiger partial charge in [-0.2, -0.15) is 4.98 Å². The van der Waals surface area contributed by atoms with Crippen LogP contribution < -0.4 is 9.64 Å². The maximum Gasteiger partial charge on any atom is 0.297 e. The van der Waals surface area contributed by atoms with Gasteiger partial charge in [0, 0.05) is 19.2 Å². The van der Waals surface area contributed by atoms with Crippen molar-refractivity contribution >= 4 is 6.01 Å². The first kappa shape index (κ1) is 19.7. The van der Waals surface area contributed by atoms with Gasteiger partial charge in [0.1, 0.15) is 30.4 Å². The maximum atomic E-state index is 10.9. The van der Waals surface area contributed by atoms with Gasteiger partial charge in [-0.25, -0.2) is 0 Å². The Kier molecular flexibility index (Phi) is 6.11. The highest BCUT2D eigenvalue weighted by atomic mass is 16.5. The fraction of sp³-hybridized carbons (Fsp3) is 0.160. The highest BCUT2D eigenvalue weighted by molar-refractivity contribution is 5.40. The number of ether oxygens (including phenoxy) is 1. The van der Waals surface area contributed by atoms with Gasteiger partial charge >= 0.3 is 0 Å². The molecule has 1 aromatic heterocycles. The lowest BCUT2D eigenvalue weighted by molar-refractivity contribution is 0.204. The quantitative estimate of drug-likeness (QED) is 0.452. The number of hydrogen-bond donors (Lipinski definition) is 1. The molecule has 4 rings (SSSR count). The van der Waals surface area contributed by atoms with Gasteiger partial charge in [-0.1, -0.05) is 78.9 Å². The topological polar surface area (TPSA) is 58.7 Å². The fourth-order valence-corrected chi connectivity index (χ4v) is 3.23. The van der Waals surface area contributed by atoms with E-state index >= 15 is 0 Å². The van der Waals surface area contributed by atoms with Crippen LogP contribution in [0.3, 0.4) is 0 Å². The molecule has 5 nitrogen and oxygen atoms in total. The predicted octanol–water partition coefficient (Wildman–Crippen LogP) is 4.97. The summed E-state index contributed by atoms with van der Waals surface area (Å²) in [5.41, 5.74) is 3.31. The standard InChI is InChI=1S/C25H24N2O3/c1-27(16-19-10-4-2-5-11-19)25-26-22(18-30-25)24(28)21-14-8-9-15-23(21)29-17-20-12-6-3-7-13-20/h2-15,18,24,28H,16-17H2,1H3/t24-/m0/s1. The minimum absolute atomic E-state index is 0.425. The van der Waals surface area contributed by atoms with Gasteiger partial charge in [0.25, 0.3) is 6.01 Å². The number of rotatable bonds is 8. The number of anilines is 1. The molecule has 30 heavy (non-hydrogen) atoms. The molecule has 1 heterocycles. The molecule has 5 heteroatoms. The van der Waals surface area contributed by atoms with Crippen molar-refractivity contribution in [2.75, 3.05) is 11.9 Å². The normalized spacial score (nSPS) is 11.8. The molecule has 3 aromatic carbocycles. The summed E-state index contributed by atoms with van der Waals surface area (Å²) in [5.74, 6) is 0.621. The van der Waals surface area contributed by atoms with Crippen molar-refractivity contribution in [3.63, 3.8) is 0 Å². The largest absolute Gasteiger partial charge is 0.489 e. The zero-order chi connectivity index (χ0) is 20.8. The van der Waals surface area contributed by atoms with Crippen molar-refractivity contribution in [1.29, 1.82) is 0 Å². The second-order valence-electron chi connectivity index (χ2n) is 7.11. The molecule has 1 N–H and O–H groups in total. The summed E-state index contributed by atoms with van der Waals surface area (Å²) in [6, 6.07) is 27.9. The minimum Gasteiger partial charge on any atom is -0.489 e. The molecule has 0 unspecified atom stereocenters. The van der Waals surface area contributed by atoms with Crippen LogP contribution in [0.1, 0.15) is 28.5 Å². The van der Waals surface area contributed by atoms with E-state index in [-0.39, 0.29) is 0 Å². The Bertz CT molecular complexity index is 1060. The molecule has 0 radical (unpaired) electrons. The van der Waals surface area contributed by atoms with Crippen LogP contribution in [-0.4, -0.2) is 17.1 Å². The Morgan fingerprint density at radius 2 is 1.53 bits per heavy atom. The second-order valence-corrected chi connectivity index (χ2v) is 7.11. The Balaban J connectivity index is 1.48. The first-order chi connectivity index (χ1) is 14.7. The molecule has 0 aliphatic heterocycles. The van der Waals surface area contributed by atoms with Crippen molar-refractivity contribution in [2.24, 2.45) is 0 Å². The third-order valence-corrected chi connectivity index (χ3v) is 4.83. The summed E-state index contributed by atoms with van der Waals surface area (Å²) >= 11 is 0. The Labute approximate surface area is 176 Å². The average Bonchev–Trinajstić information content (AvgIpc) is 3.29. The van der Waals surface area contributed by atoms with Crippen molar-refractivity contribution < 1.29 is 14.3 Å². The maximum absolute atomic E-state index is 10.9. The Hall–Kier alpha value is -3.57. The zero-order valence-corrected chi connectivity index (χ0v) is 16.8. The van der Waals surface area contributed by atoms with E-state index in [1.165, 1.54) is 6.26 Å². The average molecular weight is 400 g/mol. The number of nitrogens with zero attached hydrogens (tertiary/aromatic N) is 2. The number of aliphatic hydroxyl groups excluding tert-OH is 1. The van der Waals surface area contributed by atoms with Crippen LogP contribution >= 0.6 is 0 Å². The lowest BCUT2D eigenvalue weighted by Gasteiger charge is -2.15. The SMILES string of the molecule is CN(Cc1ccccc1)c1nc([C@@H](O)c2ccccc2OCc2ccccc2)co1. The van der Waals surface area contributed by atoms with E-state index in [2.05, 4.69) is 17.1 Å². The lowest BCUT2D eigenvalue weighted by Crippen LogP contribution is -2.16. The summed E-state index contributed by atoms with van der Waals surface area (Å²) in [6.07, 6.45) is 0.551. The molecule has 1 atom stereocenters. The second kappa shape index (κ2) is 9.29. The van der Waals surface area contributed by atoms with Crippen molar-refractivity contribution in [3.05, 3.63) is 114 Å². The van der Waals surface area contributed by atoms with Crippen LogP contribution in [0, 0.1) is 0 Å². The smallest absolute Gasteiger partial charge is 0.297 e. The molecule has 152 valence electrons. The molecule has 0 saturated heterocycles. The molecule has 0 aliphatic rings. The summed E-state index contributed by atoms with van der Waals surface area (Å²) in [5, 5.41) is 10.9. The molecule has 0 fully saturated rings. The summed E-state index contributed by atoms with van der Waals surface area (Å²) < 4.78 is 11.6. The zero-order valence-electron chi connectivity index (χ0n) is 16.8. The minimum atomic E-state index is -0.945. The number of aromatic nitrogens is 1. The van der Waals surface area contributed by atoms with E-state index in [1.807, 2.05) is 84.7 Å². The third-order valence-electron chi connectivity index (χ3n) is 4.83. The van der Waals surface area contributed by atoms with Crippen LogP contribution in [0.4, 0.5) is 6.01 Å². The van der Waals surface area contributed by atoms with Gasteiger partial charge in [0.15, 0.2) is 0 Å². The fourth-order valence-electron chi connectivity index (χ4n) is 3.23. The van der Waals surface area contributed by atoms with E-state index in [9.17, 15) is 5.11 Å². The van der Waals surface area contributed by atoms with E-state index < -0.39 is 6.10 Å². The Morgan fingerprint density at radius 1 is 0.900 bits per heavy atom. The van der Waals surface area contributed by atoms with Gasteiger partial charge in [-0.05, 0) is 17.2 Å². The molecular weight excluding hydrogens is 376 g/mol. The van der Waals surface area contributed by atoms with Gasteiger partial charge in [0.05, 0.1) is 0 Å². The van der Waals surface area contributed by atoms with Crippen LogP contribution in [0.25, 0.3) is 0 Å². The number of benzene rings is 3. The third kappa shape index (κ3) is 4.70. The molecular formula is C25H24N2O3. The monoisotopic (exact) mass is 400 g/mol. The first-order valence-corrected chi connectivity index (χ1v) is 9.85. The number of oxazole rings is 1. The van der Waals surface area contributed by atoms with Gasteiger partial charge in [-0.3, -0.25) is 0 Å². The summed E-state index contributed by atoms with van der Waals surface area (Å²) in [4.78, 5) is 6.40. The van der Waals surface area contributed by atoms with Gasteiger partial charge < -0.3 is 19.2 Å². The summed E-state index contributed by atoms with van der Waals surface area (Å²) in [6.45, 7) is 1.09. The molecule has 0 saturated carbocycles. The van der Waals surface area contributed by atoms with Crippen LogP contribution in [0.5, 0.6) is 5.75 Å². The van der Waals surface area contributed by atoms with Gasteiger partial charge in [-0.15, -0.1) is 0 Å². The lowest BCUT2D eigenvalue weighted by atomic mass is 10.1. The highest BCUT2D eigenvalue weighted by Crippen LogP contribution is 2.31. The predicted molar refractivity (Wildman–Crippen MR) is 116 cm³/mol. The van der Waals surface area contributed by atoms with Crippen LogP contribution in [0.2, 0.25) is 0 Å². The van der Waals surface area contributed by atoms with E-state index in [0.717, 1.165) is 11.1 Å². The number of hydrogen-bond acceptors (Lipinski definition) is 5. The van der Waals surface area contributed by atoms with Crippen LogP contribution in [0.15, 0.2) is 95.6 Å².